The van der Waals surface area contributed by atoms with Gasteiger partial charge in [0.15, 0.2) is 11.6 Å². The molecule has 0 atom stereocenters. The van der Waals surface area contributed by atoms with Crippen LogP contribution in [0.25, 0.3) is 0 Å². The van der Waals surface area contributed by atoms with E-state index in [1.165, 1.54) is 51.4 Å². The van der Waals surface area contributed by atoms with Gasteiger partial charge in [0.25, 0.3) is 0 Å². The van der Waals surface area contributed by atoms with Crippen LogP contribution in [0, 0.1) is 0 Å². The maximum absolute atomic E-state index is 13.4. The van der Waals surface area contributed by atoms with Gasteiger partial charge in [-0.1, -0.05) is 102 Å². The number of ether oxygens (including phenoxy) is 2. The second kappa shape index (κ2) is 13.9. The second-order valence-electron chi connectivity index (χ2n) is 9.25. The smallest absolute Gasteiger partial charge is 0.198 e. The molecule has 0 heterocycles. The molecule has 184 valence electrons. The van der Waals surface area contributed by atoms with Crippen LogP contribution >= 0.6 is 0 Å². The van der Waals surface area contributed by atoms with Gasteiger partial charge in [-0.05, 0) is 25.0 Å². The number of hydrogen-bond acceptors (Lipinski definition) is 4. The van der Waals surface area contributed by atoms with Crippen LogP contribution in [0.3, 0.4) is 0 Å². The lowest BCUT2D eigenvalue weighted by atomic mass is 9.83. The van der Waals surface area contributed by atoms with E-state index < -0.39 is 0 Å². The summed E-state index contributed by atoms with van der Waals surface area (Å²) in [6.07, 6.45) is 14.0. The fraction of sp³-hybridized carbons (Fsp3) is 0.533. The highest BCUT2D eigenvalue weighted by Crippen LogP contribution is 2.38. The highest BCUT2D eigenvalue weighted by atomic mass is 16.5. The van der Waals surface area contributed by atoms with Crippen molar-refractivity contribution in [3.05, 3.63) is 58.7 Å². The highest BCUT2D eigenvalue weighted by molar-refractivity contribution is 6.30. The number of carbonyl (C=O) groups excluding carboxylic acids is 2. The van der Waals surface area contributed by atoms with Gasteiger partial charge in [0.05, 0.1) is 24.3 Å². The van der Waals surface area contributed by atoms with Gasteiger partial charge >= 0.3 is 0 Å². The maximum atomic E-state index is 13.4. The molecule has 0 spiro atoms. The van der Waals surface area contributed by atoms with E-state index in [0.717, 1.165) is 25.7 Å². The lowest BCUT2D eigenvalue weighted by molar-refractivity contribution is 0.0971. The molecule has 0 saturated heterocycles. The minimum absolute atomic E-state index is 0.159. The third-order valence-electron chi connectivity index (χ3n) is 6.51. The quantitative estimate of drug-likeness (QED) is 0.202. The Morgan fingerprint density at radius 3 is 1.32 bits per heavy atom. The van der Waals surface area contributed by atoms with Crippen LogP contribution in [-0.2, 0) is 0 Å². The molecule has 0 fully saturated rings. The molecule has 34 heavy (non-hydrogen) atoms. The summed E-state index contributed by atoms with van der Waals surface area (Å²) in [7, 11) is 0. The molecule has 4 nitrogen and oxygen atoms in total. The first kappa shape index (κ1) is 26.0. The van der Waals surface area contributed by atoms with Crippen molar-refractivity contribution in [1.29, 1.82) is 0 Å². The predicted octanol–water partition coefficient (Wildman–Crippen LogP) is 7.94. The summed E-state index contributed by atoms with van der Waals surface area (Å²) < 4.78 is 12.1. The van der Waals surface area contributed by atoms with Gasteiger partial charge in [-0.25, -0.2) is 0 Å². The van der Waals surface area contributed by atoms with Crippen LogP contribution in [0.2, 0.25) is 0 Å². The SMILES string of the molecule is CCCCCCCCOc1ccc(OCCCCCCCC)c2c1C(=O)c1ccccc1C2=O. The molecule has 0 amide bonds. The van der Waals surface area contributed by atoms with E-state index in [2.05, 4.69) is 13.8 Å². The number of benzene rings is 2. The third-order valence-corrected chi connectivity index (χ3v) is 6.51. The molecule has 0 aromatic heterocycles. The Hall–Kier alpha value is -2.62. The molecule has 0 bridgehead atoms. The topological polar surface area (TPSA) is 52.6 Å². The minimum atomic E-state index is -0.159. The molecule has 2 aromatic rings. The van der Waals surface area contributed by atoms with Crippen molar-refractivity contribution in [3.8, 4) is 11.5 Å². The van der Waals surface area contributed by atoms with Crippen LogP contribution in [0.15, 0.2) is 36.4 Å². The number of rotatable bonds is 16. The average molecular weight is 465 g/mol. The Kier molecular flexibility index (Phi) is 10.7. The normalized spacial score (nSPS) is 12.4. The molecular weight excluding hydrogens is 424 g/mol. The molecule has 3 rings (SSSR count). The zero-order valence-electron chi connectivity index (χ0n) is 21.0. The molecule has 0 unspecified atom stereocenters. The van der Waals surface area contributed by atoms with Crippen LogP contribution in [0.1, 0.15) is 123 Å². The van der Waals surface area contributed by atoms with Crippen molar-refractivity contribution in [1.82, 2.24) is 0 Å². The molecule has 0 aliphatic heterocycles. The van der Waals surface area contributed by atoms with Crippen molar-refractivity contribution in [2.24, 2.45) is 0 Å². The Morgan fingerprint density at radius 1 is 0.529 bits per heavy atom. The fourth-order valence-corrected chi connectivity index (χ4v) is 4.53. The number of hydrogen-bond donors (Lipinski definition) is 0. The van der Waals surface area contributed by atoms with Gasteiger partial charge < -0.3 is 9.47 Å². The molecule has 1 aliphatic carbocycles. The molecule has 0 N–H and O–H groups in total. The lowest BCUT2D eigenvalue weighted by Gasteiger charge is -2.23. The molecule has 0 radical (unpaired) electrons. The zero-order valence-corrected chi connectivity index (χ0v) is 21.0. The third kappa shape index (κ3) is 6.71. The monoisotopic (exact) mass is 464 g/mol. The first-order valence-corrected chi connectivity index (χ1v) is 13.3. The van der Waals surface area contributed by atoms with E-state index in [4.69, 9.17) is 9.47 Å². The number of fused-ring (bicyclic) bond motifs is 2. The van der Waals surface area contributed by atoms with Crippen LogP contribution in [0.5, 0.6) is 11.5 Å². The number of unbranched alkanes of at least 4 members (excludes halogenated alkanes) is 10. The van der Waals surface area contributed by atoms with E-state index in [1.54, 1.807) is 36.4 Å². The van der Waals surface area contributed by atoms with E-state index in [9.17, 15) is 9.59 Å². The first-order chi connectivity index (χ1) is 16.7. The summed E-state index contributed by atoms with van der Waals surface area (Å²) in [6, 6.07) is 10.6. The Bertz CT molecular complexity index is 871. The number of carbonyl (C=O) groups is 2. The van der Waals surface area contributed by atoms with Crippen molar-refractivity contribution >= 4 is 11.6 Å². The summed E-state index contributed by atoms with van der Waals surface area (Å²) >= 11 is 0. The van der Waals surface area contributed by atoms with Crippen LogP contribution in [0.4, 0.5) is 0 Å². The summed E-state index contributed by atoms with van der Waals surface area (Å²) in [6.45, 7) is 5.51. The standard InChI is InChI=1S/C30H40O4/c1-3-5-7-9-11-15-21-33-25-19-20-26(34-22-16-12-10-8-6-4-2)28-27(25)29(31)23-17-13-14-18-24(23)30(28)32/h13-14,17-20H,3-12,15-16,21-22H2,1-2H3. The van der Waals surface area contributed by atoms with E-state index in [0.29, 0.717) is 47.0 Å². The van der Waals surface area contributed by atoms with Gasteiger partial charge in [-0.2, -0.15) is 0 Å². The Labute approximate surface area is 205 Å². The lowest BCUT2D eigenvalue weighted by Crippen LogP contribution is -2.23. The second-order valence-corrected chi connectivity index (χ2v) is 9.25. The van der Waals surface area contributed by atoms with Crippen molar-refractivity contribution < 1.29 is 19.1 Å². The molecular formula is C30H40O4. The predicted molar refractivity (Wildman–Crippen MR) is 137 cm³/mol. The summed E-state index contributed by atoms with van der Waals surface area (Å²) in [5, 5.41) is 0. The molecule has 2 aromatic carbocycles. The molecule has 0 saturated carbocycles. The number of ketones is 2. The Morgan fingerprint density at radius 2 is 0.912 bits per heavy atom. The summed E-state index contributed by atoms with van der Waals surface area (Å²) in [5.41, 5.74) is 1.60. The zero-order chi connectivity index (χ0) is 24.2. The summed E-state index contributed by atoms with van der Waals surface area (Å²) in [4.78, 5) is 26.8. The van der Waals surface area contributed by atoms with E-state index in [-0.39, 0.29) is 11.6 Å². The van der Waals surface area contributed by atoms with Gasteiger partial charge in [-0.15, -0.1) is 0 Å². The largest absolute Gasteiger partial charge is 0.493 e. The molecule has 4 heteroatoms. The van der Waals surface area contributed by atoms with E-state index in [1.807, 2.05) is 0 Å². The van der Waals surface area contributed by atoms with Crippen molar-refractivity contribution in [2.75, 3.05) is 13.2 Å². The van der Waals surface area contributed by atoms with Gasteiger partial charge in [0, 0.05) is 11.1 Å². The van der Waals surface area contributed by atoms with E-state index >= 15 is 0 Å². The fourth-order valence-electron chi connectivity index (χ4n) is 4.53. The average Bonchev–Trinajstić information content (AvgIpc) is 2.86. The van der Waals surface area contributed by atoms with Crippen LogP contribution in [-0.4, -0.2) is 24.8 Å². The summed E-state index contributed by atoms with van der Waals surface area (Å²) in [5.74, 6) is 0.660. The van der Waals surface area contributed by atoms with Gasteiger partial charge in [0.1, 0.15) is 11.5 Å². The maximum Gasteiger partial charge on any atom is 0.198 e. The molecule has 1 aliphatic rings. The van der Waals surface area contributed by atoms with Gasteiger partial charge in [-0.3, -0.25) is 9.59 Å². The van der Waals surface area contributed by atoms with Crippen LogP contribution < -0.4 is 9.47 Å². The highest BCUT2D eigenvalue weighted by Gasteiger charge is 2.35. The minimum Gasteiger partial charge on any atom is -0.493 e. The van der Waals surface area contributed by atoms with Crippen molar-refractivity contribution in [2.45, 2.75) is 90.9 Å². The van der Waals surface area contributed by atoms with Crippen molar-refractivity contribution in [3.63, 3.8) is 0 Å². The first-order valence-electron chi connectivity index (χ1n) is 13.3. The van der Waals surface area contributed by atoms with Gasteiger partial charge in [0.2, 0.25) is 0 Å². The Balaban J connectivity index is 1.72.